The lowest BCUT2D eigenvalue weighted by Gasteiger charge is -2.09. The van der Waals surface area contributed by atoms with Gasteiger partial charge in [-0.1, -0.05) is 0 Å². The smallest absolute Gasteiger partial charge is 0.380 e. The molecule has 0 spiro atoms. The average Bonchev–Trinajstić information content (AvgIpc) is 1.78. The SMILES string of the molecule is OC(/C=C/C(F)(F)F)C(F)(F)F. The third-order valence-corrected chi connectivity index (χ3v) is 0.803. The maximum Gasteiger partial charge on any atom is 0.417 e. The third-order valence-electron chi connectivity index (χ3n) is 0.803. The summed E-state index contributed by atoms with van der Waals surface area (Å²) in [5.41, 5.74) is 0. The second kappa shape index (κ2) is 3.34. The monoisotopic (exact) mass is 194 g/mol. The fourth-order valence-electron chi connectivity index (χ4n) is 0.309. The first-order chi connectivity index (χ1) is 5.13. The molecule has 0 aromatic heterocycles. The molecule has 1 unspecified atom stereocenters. The molecule has 7 heteroatoms. The van der Waals surface area contributed by atoms with E-state index in [2.05, 4.69) is 0 Å². The molecular formula is C5H4F6O. The van der Waals surface area contributed by atoms with Crippen molar-refractivity contribution in [3.8, 4) is 0 Å². The minimum absolute atomic E-state index is 0.361. The molecule has 0 heterocycles. The minimum Gasteiger partial charge on any atom is -0.380 e. The molecule has 72 valence electrons. The Morgan fingerprint density at radius 2 is 1.42 bits per heavy atom. The zero-order chi connectivity index (χ0) is 9.99. The maximum absolute atomic E-state index is 11.4. The summed E-state index contributed by atoms with van der Waals surface area (Å²) in [4.78, 5) is 0. The van der Waals surface area contributed by atoms with Gasteiger partial charge in [0.25, 0.3) is 0 Å². The van der Waals surface area contributed by atoms with Gasteiger partial charge < -0.3 is 5.11 Å². The fourth-order valence-corrected chi connectivity index (χ4v) is 0.309. The van der Waals surface area contributed by atoms with E-state index in [-0.39, 0.29) is 6.08 Å². The van der Waals surface area contributed by atoms with Crippen molar-refractivity contribution < 1.29 is 31.4 Å². The Morgan fingerprint density at radius 1 is 1.00 bits per heavy atom. The van der Waals surface area contributed by atoms with Crippen molar-refractivity contribution in [2.24, 2.45) is 0 Å². The zero-order valence-corrected chi connectivity index (χ0v) is 5.45. The van der Waals surface area contributed by atoms with Crippen molar-refractivity contribution in [3.05, 3.63) is 12.2 Å². The minimum atomic E-state index is -5.05. The van der Waals surface area contributed by atoms with Gasteiger partial charge >= 0.3 is 12.4 Å². The van der Waals surface area contributed by atoms with E-state index in [4.69, 9.17) is 5.11 Å². The van der Waals surface area contributed by atoms with E-state index >= 15 is 0 Å². The third kappa shape index (κ3) is 5.00. The lowest BCUT2D eigenvalue weighted by molar-refractivity contribution is -0.188. The molecule has 0 aromatic carbocycles. The molecule has 0 aliphatic carbocycles. The van der Waals surface area contributed by atoms with Gasteiger partial charge in [-0.2, -0.15) is 26.3 Å². The number of hydrogen-bond acceptors (Lipinski definition) is 1. The number of halogens is 6. The Hall–Kier alpha value is -0.720. The fraction of sp³-hybridized carbons (Fsp3) is 0.600. The number of rotatable bonds is 1. The molecule has 0 radical (unpaired) electrons. The van der Waals surface area contributed by atoms with Gasteiger partial charge in [0.15, 0.2) is 6.10 Å². The van der Waals surface area contributed by atoms with Crippen LogP contribution in [0.2, 0.25) is 0 Å². The molecular weight excluding hydrogens is 190 g/mol. The van der Waals surface area contributed by atoms with Gasteiger partial charge in [-0.15, -0.1) is 0 Å². The molecule has 0 amide bonds. The van der Waals surface area contributed by atoms with Crippen molar-refractivity contribution in [3.63, 3.8) is 0 Å². The van der Waals surface area contributed by atoms with Crippen LogP contribution >= 0.6 is 0 Å². The van der Waals surface area contributed by atoms with Gasteiger partial charge in [0.05, 0.1) is 0 Å². The van der Waals surface area contributed by atoms with Crippen LogP contribution in [-0.4, -0.2) is 23.6 Å². The number of aliphatic hydroxyl groups is 1. The van der Waals surface area contributed by atoms with E-state index in [0.717, 1.165) is 0 Å². The van der Waals surface area contributed by atoms with Crippen molar-refractivity contribution in [1.29, 1.82) is 0 Å². The second-order valence-electron chi connectivity index (χ2n) is 1.89. The predicted molar refractivity (Wildman–Crippen MR) is 27.3 cm³/mol. The van der Waals surface area contributed by atoms with Crippen LogP contribution in [-0.2, 0) is 0 Å². The number of allylic oxidation sites excluding steroid dienone is 1. The number of aliphatic hydroxyl groups excluding tert-OH is 1. The van der Waals surface area contributed by atoms with Crippen molar-refractivity contribution >= 4 is 0 Å². The molecule has 0 aliphatic rings. The number of hydrogen-bond donors (Lipinski definition) is 1. The molecule has 0 rings (SSSR count). The summed E-state index contributed by atoms with van der Waals surface area (Å²) in [5, 5.41) is 8.04. The summed E-state index contributed by atoms with van der Waals surface area (Å²) in [6.45, 7) is 0. The van der Waals surface area contributed by atoms with E-state index in [0.29, 0.717) is 0 Å². The van der Waals surface area contributed by atoms with Crippen LogP contribution < -0.4 is 0 Å². The van der Waals surface area contributed by atoms with Gasteiger partial charge in [0.1, 0.15) is 0 Å². The molecule has 1 N–H and O–H groups in total. The Labute approximate surface area is 63.3 Å². The molecule has 0 saturated heterocycles. The molecule has 0 saturated carbocycles. The largest absolute Gasteiger partial charge is 0.417 e. The summed E-state index contributed by atoms with van der Waals surface area (Å²) in [5.74, 6) is 0. The first-order valence-corrected chi connectivity index (χ1v) is 2.64. The van der Waals surface area contributed by atoms with Crippen molar-refractivity contribution in [2.75, 3.05) is 0 Å². The van der Waals surface area contributed by atoms with Gasteiger partial charge in [-0.25, -0.2) is 0 Å². The van der Waals surface area contributed by atoms with Gasteiger partial charge in [0, 0.05) is 6.08 Å². The molecule has 1 nitrogen and oxygen atoms in total. The van der Waals surface area contributed by atoms with Crippen LogP contribution in [0, 0.1) is 0 Å². The lowest BCUT2D eigenvalue weighted by atomic mass is 10.3. The van der Waals surface area contributed by atoms with Crippen LogP contribution in [0.4, 0.5) is 26.3 Å². The summed E-state index contributed by atoms with van der Waals surface area (Å²) in [7, 11) is 0. The summed E-state index contributed by atoms with van der Waals surface area (Å²) in [6, 6.07) is 0. The number of alkyl halides is 6. The molecule has 0 aliphatic heterocycles. The van der Waals surface area contributed by atoms with Crippen LogP contribution in [0.1, 0.15) is 0 Å². The first-order valence-electron chi connectivity index (χ1n) is 2.64. The van der Waals surface area contributed by atoms with E-state index in [1.807, 2.05) is 0 Å². The Kier molecular flexibility index (Phi) is 3.14. The Balaban J connectivity index is 4.19. The Morgan fingerprint density at radius 3 is 1.67 bits per heavy atom. The molecule has 1 atom stereocenters. The Bertz CT molecular complexity index is 166. The highest BCUT2D eigenvalue weighted by Gasteiger charge is 2.37. The normalized spacial score (nSPS) is 16.9. The average molecular weight is 194 g/mol. The van der Waals surface area contributed by atoms with Crippen LogP contribution in [0.5, 0.6) is 0 Å². The highest BCUT2D eigenvalue weighted by Crippen LogP contribution is 2.23. The van der Waals surface area contributed by atoms with Crippen molar-refractivity contribution in [2.45, 2.75) is 18.5 Å². The van der Waals surface area contributed by atoms with E-state index < -0.39 is 24.5 Å². The quantitative estimate of drug-likeness (QED) is 0.500. The summed E-state index contributed by atoms with van der Waals surface area (Å²) < 4.78 is 67.8. The van der Waals surface area contributed by atoms with E-state index in [1.54, 1.807) is 0 Å². The zero-order valence-electron chi connectivity index (χ0n) is 5.45. The second-order valence-corrected chi connectivity index (χ2v) is 1.89. The summed E-state index contributed by atoms with van der Waals surface area (Å²) in [6.07, 6.45) is -14.0. The summed E-state index contributed by atoms with van der Waals surface area (Å²) >= 11 is 0. The highest BCUT2D eigenvalue weighted by molar-refractivity contribution is 4.96. The topological polar surface area (TPSA) is 20.2 Å². The van der Waals surface area contributed by atoms with E-state index in [9.17, 15) is 26.3 Å². The molecule has 12 heavy (non-hydrogen) atoms. The maximum atomic E-state index is 11.4. The molecule has 0 aromatic rings. The van der Waals surface area contributed by atoms with Crippen LogP contribution in [0.25, 0.3) is 0 Å². The van der Waals surface area contributed by atoms with Gasteiger partial charge in [0.2, 0.25) is 0 Å². The molecule has 0 bridgehead atoms. The van der Waals surface area contributed by atoms with Gasteiger partial charge in [-0.3, -0.25) is 0 Å². The standard InChI is InChI=1S/C5H4F6O/c6-4(7,8)2-1-3(12)5(9,10)11/h1-3,12H/b2-1+. The van der Waals surface area contributed by atoms with Crippen molar-refractivity contribution in [1.82, 2.24) is 0 Å². The van der Waals surface area contributed by atoms with E-state index in [1.165, 1.54) is 0 Å². The highest BCUT2D eigenvalue weighted by atomic mass is 19.4. The van der Waals surface area contributed by atoms with Crippen LogP contribution in [0.15, 0.2) is 12.2 Å². The van der Waals surface area contributed by atoms with Crippen LogP contribution in [0.3, 0.4) is 0 Å². The lowest BCUT2D eigenvalue weighted by Crippen LogP contribution is -2.26. The van der Waals surface area contributed by atoms with Gasteiger partial charge in [-0.05, 0) is 6.08 Å². The predicted octanol–water partition coefficient (Wildman–Crippen LogP) is 2.03. The molecule has 0 fully saturated rings. The first kappa shape index (κ1) is 11.3.